The van der Waals surface area contributed by atoms with Crippen molar-refractivity contribution in [2.75, 3.05) is 6.26 Å². The summed E-state index contributed by atoms with van der Waals surface area (Å²) >= 11 is 0. The van der Waals surface area contributed by atoms with Crippen LogP contribution in [0.15, 0.2) is 41.1 Å². The van der Waals surface area contributed by atoms with Crippen molar-refractivity contribution < 1.29 is 17.0 Å². The van der Waals surface area contributed by atoms with Crippen LogP contribution in [0.2, 0.25) is 0 Å². The van der Waals surface area contributed by atoms with Crippen molar-refractivity contribution in [1.82, 2.24) is 4.98 Å². The van der Waals surface area contributed by atoms with Gasteiger partial charge in [-0.2, -0.15) is 8.42 Å². The quantitative estimate of drug-likeness (QED) is 0.777. The summed E-state index contributed by atoms with van der Waals surface area (Å²) in [5.41, 5.74) is 1.60. The smallest absolute Gasteiger partial charge is 0.264 e. The Kier molecular flexibility index (Phi) is 3.26. The third kappa shape index (κ3) is 3.40. The summed E-state index contributed by atoms with van der Waals surface area (Å²) in [4.78, 5) is 4.01. The summed E-state index contributed by atoms with van der Waals surface area (Å²) in [7, 11) is -3.41. The lowest BCUT2D eigenvalue weighted by Crippen LogP contribution is -2.02. The van der Waals surface area contributed by atoms with E-state index in [0.29, 0.717) is 5.89 Å². The Morgan fingerprint density at radius 2 is 2.00 bits per heavy atom. The van der Waals surface area contributed by atoms with Gasteiger partial charge in [-0.1, -0.05) is 12.1 Å². The van der Waals surface area contributed by atoms with E-state index in [4.69, 9.17) is 4.42 Å². The largest absolute Gasteiger partial charge is 0.445 e. The first-order chi connectivity index (χ1) is 8.04. The molecule has 17 heavy (non-hydrogen) atoms. The number of hydrogen-bond acceptors (Lipinski definition) is 5. The first-order valence-corrected chi connectivity index (χ1v) is 6.69. The fourth-order valence-corrected chi connectivity index (χ4v) is 1.63. The van der Waals surface area contributed by atoms with Crippen LogP contribution in [0.4, 0.5) is 0 Å². The molecule has 0 saturated carbocycles. The molecule has 90 valence electrons. The molecule has 0 atom stereocenters. The van der Waals surface area contributed by atoms with Crippen molar-refractivity contribution in [3.05, 3.63) is 42.3 Å². The average Bonchev–Trinajstić information content (AvgIpc) is 2.79. The molecule has 0 saturated heterocycles. The zero-order valence-electron chi connectivity index (χ0n) is 9.16. The van der Waals surface area contributed by atoms with Gasteiger partial charge in [-0.05, 0) is 17.7 Å². The molecule has 1 aromatic carbocycles. The van der Waals surface area contributed by atoms with E-state index >= 15 is 0 Å². The summed E-state index contributed by atoms with van der Waals surface area (Å²) in [6, 6.07) is 7.13. The highest BCUT2D eigenvalue weighted by Crippen LogP contribution is 2.17. The molecule has 0 bridgehead atoms. The Balaban J connectivity index is 2.09. The maximum Gasteiger partial charge on any atom is 0.264 e. The predicted octanol–water partition coefficient (Wildman–Crippen LogP) is 1.82. The number of aromatic nitrogens is 1. The fraction of sp³-hybridized carbons (Fsp3) is 0.182. The number of oxazole rings is 1. The second-order valence-electron chi connectivity index (χ2n) is 3.50. The average molecular weight is 253 g/mol. The van der Waals surface area contributed by atoms with Crippen LogP contribution in [0.1, 0.15) is 5.56 Å². The SMILES string of the molecule is CS(=O)(=O)OCc1ccc(-c2ncco2)cc1. The van der Waals surface area contributed by atoms with Gasteiger partial charge in [-0.15, -0.1) is 0 Å². The third-order valence-corrected chi connectivity index (χ3v) is 2.62. The van der Waals surface area contributed by atoms with E-state index in [-0.39, 0.29) is 6.61 Å². The van der Waals surface area contributed by atoms with Crippen LogP contribution >= 0.6 is 0 Å². The lowest BCUT2D eigenvalue weighted by Gasteiger charge is -2.02. The van der Waals surface area contributed by atoms with E-state index in [1.54, 1.807) is 30.5 Å². The molecule has 5 nitrogen and oxygen atoms in total. The first kappa shape index (κ1) is 11.8. The maximum absolute atomic E-state index is 10.8. The highest BCUT2D eigenvalue weighted by molar-refractivity contribution is 7.85. The van der Waals surface area contributed by atoms with Crippen LogP contribution in [-0.4, -0.2) is 19.7 Å². The second kappa shape index (κ2) is 4.68. The van der Waals surface area contributed by atoms with Crippen LogP contribution in [0.5, 0.6) is 0 Å². The Morgan fingerprint density at radius 1 is 1.29 bits per heavy atom. The van der Waals surface area contributed by atoms with Gasteiger partial charge < -0.3 is 4.42 Å². The molecule has 0 N–H and O–H groups in total. The highest BCUT2D eigenvalue weighted by Gasteiger charge is 2.04. The van der Waals surface area contributed by atoms with Crippen molar-refractivity contribution in [3.63, 3.8) is 0 Å². The molecule has 0 fully saturated rings. The van der Waals surface area contributed by atoms with Crippen molar-refractivity contribution in [3.8, 4) is 11.5 Å². The standard InChI is InChI=1S/C11H11NO4S/c1-17(13,14)16-8-9-2-4-10(5-3-9)11-12-6-7-15-11/h2-7H,8H2,1H3. The van der Waals surface area contributed by atoms with Crippen molar-refractivity contribution >= 4 is 10.1 Å². The van der Waals surface area contributed by atoms with Gasteiger partial charge in [0.2, 0.25) is 5.89 Å². The van der Waals surface area contributed by atoms with Gasteiger partial charge in [0, 0.05) is 5.56 Å². The topological polar surface area (TPSA) is 69.4 Å². The van der Waals surface area contributed by atoms with Crippen molar-refractivity contribution in [2.24, 2.45) is 0 Å². The molecule has 0 aliphatic carbocycles. The fourth-order valence-electron chi connectivity index (χ4n) is 1.28. The van der Waals surface area contributed by atoms with E-state index in [0.717, 1.165) is 17.4 Å². The Labute approximate surface area is 99.2 Å². The van der Waals surface area contributed by atoms with Crippen LogP contribution < -0.4 is 0 Å². The van der Waals surface area contributed by atoms with E-state index in [1.807, 2.05) is 0 Å². The monoisotopic (exact) mass is 253 g/mol. The zero-order valence-corrected chi connectivity index (χ0v) is 9.98. The van der Waals surface area contributed by atoms with Gasteiger partial charge in [0.25, 0.3) is 10.1 Å². The zero-order chi connectivity index (χ0) is 12.3. The van der Waals surface area contributed by atoms with Crippen molar-refractivity contribution in [1.29, 1.82) is 0 Å². The molecule has 0 radical (unpaired) electrons. The van der Waals surface area contributed by atoms with Gasteiger partial charge in [-0.3, -0.25) is 4.18 Å². The van der Waals surface area contributed by atoms with Gasteiger partial charge in [0.1, 0.15) is 6.26 Å². The summed E-state index contributed by atoms with van der Waals surface area (Å²) in [6.07, 6.45) is 4.08. The number of benzene rings is 1. The Bertz CT molecular complexity index is 572. The first-order valence-electron chi connectivity index (χ1n) is 4.88. The minimum atomic E-state index is -3.41. The normalized spacial score (nSPS) is 11.6. The van der Waals surface area contributed by atoms with Gasteiger partial charge in [0.15, 0.2) is 0 Å². The summed E-state index contributed by atoms with van der Waals surface area (Å²) in [5.74, 6) is 0.528. The minimum Gasteiger partial charge on any atom is -0.445 e. The summed E-state index contributed by atoms with van der Waals surface area (Å²) < 4.78 is 31.4. The lowest BCUT2D eigenvalue weighted by molar-refractivity contribution is 0.311. The van der Waals surface area contributed by atoms with Gasteiger partial charge in [0.05, 0.1) is 19.1 Å². The number of hydrogen-bond donors (Lipinski definition) is 0. The van der Waals surface area contributed by atoms with E-state index in [2.05, 4.69) is 9.17 Å². The van der Waals surface area contributed by atoms with E-state index in [9.17, 15) is 8.42 Å². The summed E-state index contributed by atoms with van der Waals surface area (Å²) in [5, 5.41) is 0. The number of rotatable bonds is 4. The molecule has 1 aromatic heterocycles. The van der Waals surface area contributed by atoms with E-state index in [1.165, 1.54) is 6.26 Å². The highest BCUT2D eigenvalue weighted by atomic mass is 32.2. The van der Waals surface area contributed by atoms with Crippen molar-refractivity contribution in [2.45, 2.75) is 6.61 Å². The second-order valence-corrected chi connectivity index (χ2v) is 5.14. The molecule has 2 rings (SSSR count). The molecule has 6 heteroatoms. The van der Waals surface area contributed by atoms with Gasteiger partial charge in [-0.25, -0.2) is 4.98 Å². The molecule has 0 unspecified atom stereocenters. The molecular formula is C11H11NO4S. The molecule has 2 aromatic rings. The third-order valence-electron chi connectivity index (χ3n) is 2.07. The summed E-state index contributed by atoms with van der Waals surface area (Å²) in [6.45, 7) is 0.0324. The molecule has 0 aliphatic rings. The number of nitrogens with zero attached hydrogens (tertiary/aromatic N) is 1. The Hall–Kier alpha value is -1.66. The van der Waals surface area contributed by atoms with E-state index < -0.39 is 10.1 Å². The van der Waals surface area contributed by atoms with Crippen LogP contribution in [0, 0.1) is 0 Å². The minimum absolute atomic E-state index is 0.0324. The predicted molar refractivity (Wildman–Crippen MR) is 61.6 cm³/mol. The molecule has 0 amide bonds. The van der Waals surface area contributed by atoms with Crippen LogP contribution in [-0.2, 0) is 20.9 Å². The molecule has 0 spiro atoms. The van der Waals surface area contributed by atoms with Crippen LogP contribution in [0.3, 0.4) is 0 Å². The van der Waals surface area contributed by atoms with Gasteiger partial charge >= 0.3 is 0 Å². The molecule has 0 aliphatic heterocycles. The maximum atomic E-state index is 10.8. The lowest BCUT2D eigenvalue weighted by atomic mass is 10.1. The Morgan fingerprint density at radius 3 is 2.53 bits per heavy atom. The molecular weight excluding hydrogens is 242 g/mol. The van der Waals surface area contributed by atoms with Crippen LogP contribution in [0.25, 0.3) is 11.5 Å². The molecule has 1 heterocycles.